The fourth-order valence-corrected chi connectivity index (χ4v) is 1.35. The summed E-state index contributed by atoms with van der Waals surface area (Å²) >= 11 is 0. The van der Waals surface area contributed by atoms with Crippen molar-refractivity contribution in [3.8, 4) is 6.07 Å². The molecule has 0 radical (unpaired) electrons. The molecule has 2 nitrogen and oxygen atoms in total. The highest BCUT2D eigenvalue weighted by molar-refractivity contribution is 4.71. The second kappa shape index (κ2) is 8.07. The molecule has 0 aliphatic carbocycles. The van der Waals surface area contributed by atoms with Gasteiger partial charge < -0.3 is 4.90 Å². The molecule has 0 aromatic rings. The lowest BCUT2D eigenvalue weighted by atomic mass is 10.2. The minimum absolute atomic E-state index is 0.616. The number of nitrogens with zero attached hydrogens (tertiary/aromatic N) is 2. The van der Waals surface area contributed by atoms with Gasteiger partial charge in [0.2, 0.25) is 0 Å². The smallest absolute Gasteiger partial charge is 0.0622 e. The molecule has 0 spiro atoms. The maximum Gasteiger partial charge on any atom is 0.0622 e. The monoisotopic (exact) mass is 182 g/mol. The highest BCUT2D eigenvalue weighted by Crippen LogP contribution is 2.03. The summed E-state index contributed by atoms with van der Waals surface area (Å²) in [7, 11) is 0. The van der Waals surface area contributed by atoms with Crippen LogP contribution in [-0.2, 0) is 0 Å². The zero-order valence-corrected chi connectivity index (χ0v) is 9.21. The average molecular weight is 182 g/mol. The third-order valence-electron chi connectivity index (χ3n) is 2.26. The SMILES string of the molecule is CCCCN(CCCC#N)C(C)C. The van der Waals surface area contributed by atoms with Crippen LogP contribution in [0.15, 0.2) is 0 Å². The summed E-state index contributed by atoms with van der Waals surface area (Å²) in [6, 6.07) is 2.81. The molecule has 13 heavy (non-hydrogen) atoms. The van der Waals surface area contributed by atoms with Crippen molar-refractivity contribution in [3.63, 3.8) is 0 Å². The van der Waals surface area contributed by atoms with Gasteiger partial charge in [-0.25, -0.2) is 0 Å². The van der Waals surface area contributed by atoms with Crippen molar-refractivity contribution >= 4 is 0 Å². The van der Waals surface area contributed by atoms with Crippen LogP contribution in [0.5, 0.6) is 0 Å². The van der Waals surface area contributed by atoms with Gasteiger partial charge in [0.25, 0.3) is 0 Å². The molecule has 0 atom stereocenters. The Morgan fingerprint density at radius 2 is 1.85 bits per heavy atom. The van der Waals surface area contributed by atoms with Gasteiger partial charge in [-0.15, -0.1) is 0 Å². The Morgan fingerprint density at radius 1 is 1.23 bits per heavy atom. The van der Waals surface area contributed by atoms with Gasteiger partial charge in [-0.3, -0.25) is 0 Å². The fraction of sp³-hybridized carbons (Fsp3) is 0.909. The van der Waals surface area contributed by atoms with E-state index in [9.17, 15) is 0 Å². The quantitative estimate of drug-likeness (QED) is 0.566. The first-order valence-corrected chi connectivity index (χ1v) is 5.33. The van der Waals surface area contributed by atoms with Crippen LogP contribution in [0.25, 0.3) is 0 Å². The molecule has 0 aromatic carbocycles. The van der Waals surface area contributed by atoms with Crippen molar-refractivity contribution in [2.75, 3.05) is 13.1 Å². The number of nitriles is 1. The number of hydrogen-bond donors (Lipinski definition) is 0. The molecule has 0 saturated carbocycles. The molecule has 76 valence electrons. The van der Waals surface area contributed by atoms with Crippen LogP contribution in [0.4, 0.5) is 0 Å². The Morgan fingerprint density at radius 3 is 2.31 bits per heavy atom. The molecule has 0 unspecified atom stereocenters. The van der Waals surface area contributed by atoms with Crippen molar-refractivity contribution < 1.29 is 0 Å². The van der Waals surface area contributed by atoms with Gasteiger partial charge >= 0.3 is 0 Å². The lowest BCUT2D eigenvalue weighted by Crippen LogP contribution is -2.32. The molecule has 0 saturated heterocycles. The maximum atomic E-state index is 8.43. The summed E-state index contributed by atoms with van der Waals surface area (Å²) in [5.41, 5.74) is 0. The predicted octanol–water partition coefficient (Wildman–Crippen LogP) is 2.80. The average Bonchev–Trinajstić information content (AvgIpc) is 2.10. The summed E-state index contributed by atoms with van der Waals surface area (Å²) in [6.45, 7) is 8.92. The minimum Gasteiger partial charge on any atom is -0.301 e. The third kappa shape index (κ3) is 6.60. The standard InChI is InChI=1S/C11H22N2/c1-4-5-9-13(11(2)3)10-7-6-8-12/h11H,4-7,9-10H2,1-3H3. The lowest BCUT2D eigenvalue weighted by Gasteiger charge is -2.25. The van der Waals surface area contributed by atoms with Crippen molar-refractivity contribution in [3.05, 3.63) is 0 Å². The van der Waals surface area contributed by atoms with Gasteiger partial charge in [-0.1, -0.05) is 13.3 Å². The zero-order valence-electron chi connectivity index (χ0n) is 9.21. The van der Waals surface area contributed by atoms with Crippen molar-refractivity contribution in [1.82, 2.24) is 4.90 Å². The Hall–Kier alpha value is -0.550. The summed E-state index contributed by atoms with van der Waals surface area (Å²) < 4.78 is 0. The van der Waals surface area contributed by atoms with E-state index in [1.54, 1.807) is 0 Å². The summed E-state index contributed by atoms with van der Waals surface area (Å²) in [6.07, 6.45) is 4.22. The van der Waals surface area contributed by atoms with Crippen LogP contribution >= 0.6 is 0 Å². The molecule has 0 fully saturated rings. The first-order chi connectivity index (χ1) is 6.22. The van der Waals surface area contributed by atoms with Crippen LogP contribution in [0.2, 0.25) is 0 Å². The molecular weight excluding hydrogens is 160 g/mol. The van der Waals surface area contributed by atoms with Gasteiger partial charge in [0.1, 0.15) is 0 Å². The van der Waals surface area contributed by atoms with E-state index >= 15 is 0 Å². The summed E-state index contributed by atoms with van der Waals surface area (Å²) in [5, 5.41) is 8.43. The van der Waals surface area contributed by atoms with E-state index in [2.05, 4.69) is 31.7 Å². The third-order valence-corrected chi connectivity index (χ3v) is 2.26. The van der Waals surface area contributed by atoms with Crippen LogP contribution in [-0.4, -0.2) is 24.0 Å². The van der Waals surface area contributed by atoms with E-state index in [0.29, 0.717) is 12.5 Å². The van der Waals surface area contributed by atoms with Crippen molar-refractivity contribution in [2.24, 2.45) is 0 Å². The van der Waals surface area contributed by atoms with E-state index in [4.69, 9.17) is 5.26 Å². The molecule has 0 aliphatic rings. The Balaban J connectivity index is 3.62. The van der Waals surface area contributed by atoms with Gasteiger partial charge in [0.15, 0.2) is 0 Å². The van der Waals surface area contributed by atoms with Gasteiger partial charge in [0, 0.05) is 12.5 Å². The summed E-state index contributed by atoms with van der Waals surface area (Å²) in [5.74, 6) is 0. The van der Waals surface area contributed by atoms with Crippen LogP contribution in [0.3, 0.4) is 0 Å². The molecule has 2 heteroatoms. The highest BCUT2D eigenvalue weighted by Gasteiger charge is 2.07. The van der Waals surface area contributed by atoms with Gasteiger partial charge in [0.05, 0.1) is 6.07 Å². The molecule has 0 bridgehead atoms. The molecule has 0 N–H and O–H groups in total. The molecule has 0 aliphatic heterocycles. The first kappa shape index (κ1) is 12.4. The number of unbranched alkanes of at least 4 members (excludes halogenated alkanes) is 2. The number of rotatable bonds is 7. The normalized spacial score (nSPS) is 10.8. The van der Waals surface area contributed by atoms with Crippen LogP contribution in [0.1, 0.15) is 46.5 Å². The fourth-order valence-electron chi connectivity index (χ4n) is 1.35. The van der Waals surface area contributed by atoms with Crippen molar-refractivity contribution in [1.29, 1.82) is 5.26 Å². The van der Waals surface area contributed by atoms with Gasteiger partial charge in [-0.2, -0.15) is 5.26 Å². The summed E-state index contributed by atoms with van der Waals surface area (Å²) in [4.78, 5) is 2.46. The maximum absolute atomic E-state index is 8.43. The second-order valence-corrected chi connectivity index (χ2v) is 3.74. The first-order valence-electron chi connectivity index (χ1n) is 5.33. The molecule has 0 heterocycles. The topological polar surface area (TPSA) is 27.0 Å². The zero-order chi connectivity index (χ0) is 10.1. The molecule has 0 amide bonds. The van der Waals surface area contributed by atoms with Gasteiger partial charge in [-0.05, 0) is 39.8 Å². The molecular formula is C11H22N2. The Kier molecular flexibility index (Phi) is 7.73. The van der Waals surface area contributed by atoms with E-state index in [-0.39, 0.29) is 0 Å². The van der Waals surface area contributed by atoms with Crippen LogP contribution in [0, 0.1) is 11.3 Å². The Bertz CT molecular complexity index is 147. The van der Waals surface area contributed by atoms with E-state index in [1.807, 2.05) is 0 Å². The van der Waals surface area contributed by atoms with Crippen LogP contribution < -0.4 is 0 Å². The van der Waals surface area contributed by atoms with E-state index in [0.717, 1.165) is 13.0 Å². The largest absolute Gasteiger partial charge is 0.301 e. The minimum atomic E-state index is 0.616. The lowest BCUT2D eigenvalue weighted by molar-refractivity contribution is 0.216. The highest BCUT2D eigenvalue weighted by atomic mass is 15.1. The predicted molar refractivity (Wildman–Crippen MR) is 56.5 cm³/mol. The van der Waals surface area contributed by atoms with E-state index < -0.39 is 0 Å². The second-order valence-electron chi connectivity index (χ2n) is 3.74. The number of hydrogen-bond acceptors (Lipinski definition) is 2. The molecule has 0 aromatic heterocycles. The van der Waals surface area contributed by atoms with E-state index in [1.165, 1.54) is 19.4 Å². The molecule has 0 rings (SSSR count). The van der Waals surface area contributed by atoms with Crippen molar-refractivity contribution in [2.45, 2.75) is 52.5 Å². The Labute approximate surface area is 82.5 Å².